The summed E-state index contributed by atoms with van der Waals surface area (Å²) in [5, 5.41) is 15.1. The van der Waals surface area contributed by atoms with Gasteiger partial charge in [0, 0.05) is 10.9 Å². The smallest absolute Gasteiger partial charge is 0.342 e. The van der Waals surface area contributed by atoms with Crippen molar-refractivity contribution in [3.63, 3.8) is 0 Å². The number of ether oxygens (including phenoxy) is 2. The average molecular weight is 466 g/mol. The molecule has 5 rings (SSSR count). The molecule has 5 aromatic rings. The Bertz CT molecular complexity index is 1480. The van der Waals surface area contributed by atoms with Crippen LogP contribution in [0.3, 0.4) is 0 Å². The van der Waals surface area contributed by atoms with Crippen LogP contribution >= 0.6 is 0 Å². The summed E-state index contributed by atoms with van der Waals surface area (Å²) < 4.78 is 11.7. The summed E-state index contributed by atoms with van der Waals surface area (Å²) in [6.07, 6.45) is 0.600. The van der Waals surface area contributed by atoms with Gasteiger partial charge >= 0.3 is 5.97 Å². The van der Waals surface area contributed by atoms with Crippen LogP contribution in [0.1, 0.15) is 29.9 Å². The third kappa shape index (κ3) is 4.33. The topological polar surface area (TPSA) is 103 Å². The van der Waals surface area contributed by atoms with Crippen molar-refractivity contribution < 1.29 is 14.3 Å². The monoisotopic (exact) mass is 465 g/mol. The molecule has 2 aromatic heterocycles. The fraction of sp³-hybridized carbons (Fsp3) is 0.148. The van der Waals surface area contributed by atoms with Gasteiger partial charge in [0.05, 0.1) is 17.8 Å². The summed E-state index contributed by atoms with van der Waals surface area (Å²) in [5.74, 6) is 1.10. The highest BCUT2D eigenvalue weighted by Gasteiger charge is 2.23. The Kier molecular flexibility index (Phi) is 6.17. The largest absolute Gasteiger partial charge is 0.462 e. The number of aromatic nitrogens is 5. The number of aryl methyl sites for hydroxylation is 1. The van der Waals surface area contributed by atoms with Crippen molar-refractivity contribution in [1.82, 2.24) is 25.6 Å². The molecular formula is C27H23N5O3. The molecule has 174 valence electrons. The van der Waals surface area contributed by atoms with Gasteiger partial charge in [0.15, 0.2) is 5.75 Å². The minimum absolute atomic E-state index is 0.269. The number of hydrogen-bond acceptors (Lipinski definition) is 7. The zero-order valence-electron chi connectivity index (χ0n) is 19.4. The molecular weight excluding hydrogens is 442 g/mol. The zero-order valence-corrected chi connectivity index (χ0v) is 19.4. The van der Waals surface area contributed by atoms with Crippen LogP contribution in [0, 0.1) is 0 Å². The van der Waals surface area contributed by atoms with Crippen molar-refractivity contribution in [3.05, 3.63) is 84.1 Å². The van der Waals surface area contributed by atoms with Crippen LogP contribution in [0.4, 0.5) is 0 Å². The number of carbonyl (C=O) groups excluding carboxylic acids is 1. The maximum atomic E-state index is 13.0. The molecule has 8 heteroatoms. The van der Waals surface area contributed by atoms with Gasteiger partial charge in [-0.1, -0.05) is 61.5 Å². The van der Waals surface area contributed by atoms with Crippen LogP contribution in [-0.4, -0.2) is 38.2 Å². The zero-order chi connectivity index (χ0) is 24.2. The van der Waals surface area contributed by atoms with Crippen molar-refractivity contribution in [1.29, 1.82) is 0 Å². The van der Waals surface area contributed by atoms with Gasteiger partial charge in [0.25, 0.3) is 0 Å². The van der Waals surface area contributed by atoms with Gasteiger partial charge in [0.2, 0.25) is 5.82 Å². The molecule has 0 atom stereocenters. The number of aromatic amines is 1. The Balaban J connectivity index is 1.54. The fourth-order valence-corrected chi connectivity index (χ4v) is 4.03. The maximum absolute atomic E-state index is 13.0. The molecule has 0 fully saturated rings. The van der Waals surface area contributed by atoms with Crippen molar-refractivity contribution >= 4 is 16.9 Å². The summed E-state index contributed by atoms with van der Waals surface area (Å²) in [4.78, 5) is 17.7. The minimum Gasteiger partial charge on any atom is -0.462 e. The highest BCUT2D eigenvalue weighted by molar-refractivity contribution is 6.06. The molecule has 2 heterocycles. The minimum atomic E-state index is -0.429. The predicted octanol–water partition coefficient (Wildman–Crippen LogP) is 5.61. The van der Waals surface area contributed by atoms with Gasteiger partial charge in [-0.15, -0.1) is 10.2 Å². The van der Waals surface area contributed by atoms with Gasteiger partial charge in [-0.25, -0.2) is 9.78 Å². The van der Waals surface area contributed by atoms with Crippen LogP contribution in [-0.2, 0) is 11.2 Å². The number of nitrogens with zero attached hydrogens (tertiary/aromatic N) is 4. The van der Waals surface area contributed by atoms with E-state index in [1.807, 2.05) is 79.7 Å². The molecule has 1 N–H and O–H groups in total. The van der Waals surface area contributed by atoms with Crippen molar-refractivity contribution in [2.75, 3.05) is 6.61 Å². The summed E-state index contributed by atoms with van der Waals surface area (Å²) >= 11 is 0. The second-order valence-electron chi connectivity index (χ2n) is 7.76. The SMILES string of the molecule is CCOC(=O)c1c(Oc2ccc(-c3ccccc3-c3nn[nH]n3)cc2)c(CC)nc2ccccc12. The van der Waals surface area contributed by atoms with E-state index >= 15 is 0 Å². The molecule has 0 bridgehead atoms. The van der Waals surface area contributed by atoms with Gasteiger partial charge in [-0.05, 0) is 47.9 Å². The average Bonchev–Trinajstić information content (AvgIpc) is 3.44. The van der Waals surface area contributed by atoms with E-state index < -0.39 is 5.97 Å². The number of benzene rings is 3. The molecule has 8 nitrogen and oxygen atoms in total. The van der Waals surface area contributed by atoms with Crippen molar-refractivity contribution in [2.24, 2.45) is 0 Å². The molecule has 0 amide bonds. The number of hydrogen-bond donors (Lipinski definition) is 1. The third-order valence-electron chi connectivity index (χ3n) is 5.63. The van der Waals surface area contributed by atoms with E-state index in [4.69, 9.17) is 14.5 Å². The molecule has 0 unspecified atom stereocenters. The number of nitrogens with one attached hydrogen (secondary N) is 1. The Hall–Kier alpha value is -4.59. The molecule has 0 saturated heterocycles. The number of para-hydroxylation sites is 1. The first kappa shape index (κ1) is 22.2. The second-order valence-corrected chi connectivity index (χ2v) is 7.76. The van der Waals surface area contributed by atoms with E-state index in [1.54, 1.807) is 6.92 Å². The van der Waals surface area contributed by atoms with Crippen LogP contribution in [0.15, 0.2) is 72.8 Å². The maximum Gasteiger partial charge on any atom is 0.342 e. The normalized spacial score (nSPS) is 10.9. The first-order chi connectivity index (χ1) is 17.2. The van der Waals surface area contributed by atoms with Crippen LogP contribution in [0.5, 0.6) is 11.5 Å². The van der Waals surface area contributed by atoms with Crippen molar-refractivity contribution in [2.45, 2.75) is 20.3 Å². The Morgan fingerprint density at radius 3 is 2.37 bits per heavy atom. The Morgan fingerprint density at radius 1 is 0.914 bits per heavy atom. The lowest BCUT2D eigenvalue weighted by molar-refractivity contribution is 0.0525. The quantitative estimate of drug-likeness (QED) is 0.311. The van der Waals surface area contributed by atoms with E-state index in [2.05, 4.69) is 20.6 Å². The second kappa shape index (κ2) is 9.72. The number of pyridine rings is 1. The van der Waals surface area contributed by atoms with Crippen LogP contribution in [0.2, 0.25) is 0 Å². The van der Waals surface area contributed by atoms with Gasteiger partial charge in [-0.2, -0.15) is 5.21 Å². The Labute approximate surface area is 201 Å². The van der Waals surface area contributed by atoms with Crippen LogP contribution < -0.4 is 4.74 Å². The standard InChI is InChI=1S/C27H23N5O3/c1-3-22-25(24(27(33)34-4-2)21-11-7-8-12-23(21)28-22)35-18-15-13-17(14-16-18)19-9-5-6-10-20(19)26-29-31-32-30-26/h5-16H,3-4H2,1-2H3,(H,29,30,31,32). The lowest BCUT2D eigenvalue weighted by atomic mass is 9.99. The van der Waals surface area contributed by atoms with Crippen molar-refractivity contribution in [3.8, 4) is 34.0 Å². The number of carbonyl (C=O) groups is 1. The fourth-order valence-electron chi connectivity index (χ4n) is 4.03. The number of fused-ring (bicyclic) bond motifs is 1. The molecule has 0 radical (unpaired) electrons. The summed E-state index contributed by atoms with van der Waals surface area (Å²) in [6.45, 7) is 4.04. The van der Waals surface area contributed by atoms with E-state index in [1.165, 1.54) is 0 Å². The molecule has 35 heavy (non-hydrogen) atoms. The molecule has 0 aliphatic carbocycles. The first-order valence-electron chi connectivity index (χ1n) is 11.4. The molecule has 0 spiro atoms. The predicted molar refractivity (Wildman–Crippen MR) is 132 cm³/mol. The van der Waals surface area contributed by atoms with Gasteiger partial charge in [-0.3, -0.25) is 0 Å². The highest BCUT2D eigenvalue weighted by Crippen LogP contribution is 2.36. The molecule has 0 saturated carbocycles. The van der Waals surface area contributed by atoms with E-state index in [0.717, 1.165) is 22.2 Å². The number of esters is 1. The Morgan fingerprint density at radius 2 is 1.66 bits per heavy atom. The van der Waals surface area contributed by atoms with Gasteiger partial charge in [0.1, 0.15) is 11.3 Å². The summed E-state index contributed by atoms with van der Waals surface area (Å²) in [5.41, 5.74) is 4.61. The molecule has 0 aliphatic heterocycles. The highest BCUT2D eigenvalue weighted by atomic mass is 16.5. The third-order valence-corrected chi connectivity index (χ3v) is 5.63. The molecule has 0 aliphatic rings. The van der Waals surface area contributed by atoms with Gasteiger partial charge < -0.3 is 9.47 Å². The number of tetrazole rings is 1. The summed E-state index contributed by atoms with van der Waals surface area (Å²) in [6, 6.07) is 23.0. The number of rotatable bonds is 7. The van der Waals surface area contributed by atoms with E-state index in [-0.39, 0.29) is 6.61 Å². The van der Waals surface area contributed by atoms with E-state index in [9.17, 15) is 4.79 Å². The number of H-pyrrole nitrogens is 1. The summed E-state index contributed by atoms with van der Waals surface area (Å²) in [7, 11) is 0. The lowest BCUT2D eigenvalue weighted by Crippen LogP contribution is -2.10. The van der Waals surface area contributed by atoms with E-state index in [0.29, 0.717) is 40.4 Å². The lowest BCUT2D eigenvalue weighted by Gasteiger charge is -2.16. The van der Waals surface area contributed by atoms with Crippen LogP contribution in [0.25, 0.3) is 33.4 Å². The first-order valence-corrected chi connectivity index (χ1v) is 11.4. The molecule has 3 aromatic carbocycles.